The van der Waals surface area contributed by atoms with Crippen LogP contribution in [0.4, 0.5) is 0 Å². The molecule has 0 aromatic rings. The van der Waals surface area contributed by atoms with Gasteiger partial charge in [-0.05, 0) is 25.2 Å². The first-order valence-electron chi connectivity index (χ1n) is 4.74. The molecule has 4 nitrogen and oxygen atoms in total. The van der Waals surface area contributed by atoms with E-state index in [4.69, 9.17) is 18.0 Å². The molecule has 0 radical (unpaired) electrons. The summed E-state index contributed by atoms with van der Waals surface area (Å²) in [6.45, 7) is 1.85. The lowest BCUT2D eigenvalue weighted by molar-refractivity contribution is 0.569. The highest BCUT2D eigenvalue weighted by molar-refractivity contribution is 7.89. The van der Waals surface area contributed by atoms with Crippen molar-refractivity contribution in [2.45, 2.75) is 32.2 Å². The fourth-order valence-corrected chi connectivity index (χ4v) is 3.28. The van der Waals surface area contributed by atoms with E-state index in [1.807, 2.05) is 6.92 Å². The Kier molecular flexibility index (Phi) is 3.86. The molecule has 3 N–H and O–H groups in total. The Bertz CT molecular complexity index is 309. The van der Waals surface area contributed by atoms with Gasteiger partial charge in [-0.15, -0.1) is 0 Å². The fourth-order valence-electron chi connectivity index (χ4n) is 1.20. The van der Waals surface area contributed by atoms with Crippen LogP contribution in [-0.2, 0) is 10.0 Å². The van der Waals surface area contributed by atoms with E-state index in [0.29, 0.717) is 12.3 Å². The van der Waals surface area contributed by atoms with E-state index in [-0.39, 0.29) is 10.7 Å². The summed E-state index contributed by atoms with van der Waals surface area (Å²) in [6, 6.07) is -0.395. The molecule has 1 saturated carbocycles. The second-order valence-corrected chi connectivity index (χ2v) is 5.98. The van der Waals surface area contributed by atoms with Gasteiger partial charge in [-0.3, -0.25) is 0 Å². The van der Waals surface area contributed by atoms with Gasteiger partial charge in [0.25, 0.3) is 0 Å². The van der Waals surface area contributed by atoms with Crippen molar-refractivity contribution in [2.75, 3.05) is 5.75 Å². The Morgan fingerprint density at radius 2 is 2.21 bits per heavy atom. The zero-order chi connectivity index (χ0) is 10.8. The van der Waals surface area contributed by atoms with Gasteiger partial charge in [-0.1, -0.05) is 19.1 Å². The minimum atomic E-state index is -3.19. The zero-order valence-corrected chi connectivity index (χ0v) is 9.83. The molecule has 0 aromatic heterocycles. The molecule has 0 heterocycles. The summed E-state index contributed by atoms with van der Waals surface area (Å²) in [6.07, 6.45) is 2.63. The standard InChI is InChI=1S/C8H16N2O2S2/c1-2-7(8(9)13)10-14(11,12)5-6-3-4-6/h6-7,10H,2-5H2,1H3,(H2,9,13). The van der Waals surface area contributed by atoms with Crippen LogP contribution in [0.15, 0.2) is 0 Å². The fraction of sp³-hybridized carbons (Fsp3) is 0.875. The van der Waals surface area contributed by atoms with Gasteiger partial charge in [0.1, 0.15) is 0 Å². The van der Waals surface area contributed by atoms with Gasteiger partial charge in [0.05, 0.1) is 16.8 Å². The average Bonchev–Trinajstić information content (AvgIpc) is 2.82. The first-order valence-corrected chi connectivity index (χ1v) is 6.80. The SMILES string of the molecule is CCC(NS(=O)(=O)CC1CC1)C(N)=S. The van der Waals surface area contributed by atoms with Gasteiger partial charge in [0, 0.05) is 0 Å². The second-order valence-electron chi connectivity index (χ2n) is 3.71. The number of rotatable bonds is 6. The van der Waals surface area contributed by atoms with Gasteiger partial charge < -0.3 is 5.73 Å². The molecular formula is C8H16N2O2S2. The van der Waals surface area contributed by atoms with Crippen molar-refractivity contribution in [1.82, 2.24) is 4.72 Å². The minimum Gasteiger partial charge on any atom is -0.392 e. The summed E-state index contributed by atoms with van der Waals surface area (Å²) in [5.74, 6) is 0.558. The van der Waals surface area contributed by atoms with Crippen molar-refractivity contribution in [1.29, 1.82) is 0 Å². The van der Waals surface area contributed by atoms with Crippen LogP contribution in [0.1, 0.15) is 26.2 Å². The van der Waals surface area contributed by atoms with Crippen molar-refractivity contribution >= 4 is 27.2 Å². The van der Waals surface area contributed by atoms with Crippen molar-refractivity contribution in [3.63, 3.8) is 0 Å². The number of nitrogens with two attached hydrogens (primary N) is 1. The van der Waals surface area contributed by atoms with Crippen LogP contribution >= 0.6 is 12.2 Å². The van der Waals surface area contributed by atoms with E-state index < -0.39 is 16.1 Å². The minimum absolute atomic E-state index is 0.214. The Hall–Kier alpha value is -0.200. The first kappa shape index (κ1) is 11.9. The molecule has 0 aliphatic heterocycles. The van der Waals surface area contributed by atoms with Crippen molar-refractivity contribution in [2.24, 2.45) is 11.7 Å². The third-order valence-electron chi connectivity index (χ3n) is 2.23. The third kappa shape index (κ3) is 3.89. The monoisotopic (exact) mass is 236 g/mol. The average molecular weight is 236 g/mol. The largest absolute Gasteiger partial charge is 0.392 e. The van der Waals surface area contributed by atoms with Crippen molar-refractivity contribution in [3.05, 3.63) is 0 Å². The predicted octanol–water partition coefficient (Wildman–Crippen LogP) is 0.380. The Morgan fingerprint density at radius 3 is 2.57 bits per heavy atom. The molecule has 1 rings (SSSR count). The summed E-state index contributed by atoms with van der Waals surface area (Å²) in [4.78, 5) is 0.215. The number of hydrogen-bond acceptors (Lipinski definition) is 3. The van der Waals surface area contributed by atoms with Gasteiger partial charge in [-0.25, -0.2) is 13.1 Å². The third-order valence-corrected chi connectivity index (χ3v) is 4.06. The van der Waals surface area contributed by atoms with Crippen molar-refractivity contribution in [3.8, 4) is 0 Å². The molecule has 0 amide bonds. The van der Waals surface area contributed by atoms with Gasteiger partial charge in [0.2, 0.25) is 10.0 Å². The summed E-state index contributed by atoms with van der Waals surface area (Å²) in [7, 11) is -3.19. The lowest BCUT2D eigenvalue weighted by Gasteiger charge is -2.15. The van der Waals surface area contributed by atoms with E-state index >= 15 is 0 Å². The summed E-state index contributed by atoms with van der Waals surface area (Å²) in [5.41, 5.74) is 5.41. The lowest BCUT2D eigenvalue weighted by Crippen LogP contribution is -2.44. The molecule has 82 valence electrons. The lowest BCUT2D eigenvalue weighted by atomic mass is 10.2. The van der Waals surface area contributed by atoms with Crippen LogP contribution in [0, 0.1) is 5.92 Å². The number of hydrogen-bond donors (Lipinski definition) is 2. The van der Waals surface area contributed by atoms with Crippen LogP contribution in [0.2, 0.25) is 0 Å². The highest BCUT2D eigenvalue weighted by Crippen LogP contribution is 2.30. The Balaban J connectivity index is 2.50. The van der Waals surface area contributed by atoms with Crippen LogP contribution < -0.4 is 10.5 Å². The topological polar surface area (TPSA) is 72.2 Å². The quantitative estimate of drug-likeness (QED) is 0.654. The van der Waals surface area contributed by atoms with E-state index in [9.17, 15) is 8.42 Å². The number of thiocarbonyl (C=S) groups is 1. The van der Waals surface area contributed by atoms with E-state index in [1.165, 1.54) is 0 Å². The molecule has 0 bridgehead atoms. The highest BCUT2D eigenvalue weighted by Gasteiger charge is 2.29. The molecule has 0 saturated heterocycles. The molecule has 1 aliphatic carbocycles. The van der Waals surface area contributed by atoms with Crippen molar-refractivity contribution < 1.29 is 8.42 Å². The molecule has 1 unspecified atom stereocenters. The maximum absolute atomic E-state index is 11.5. The first-order chi connectivity index (χ1) is 6.44. The molecule has 1 atom stereocenters. The Morgan fingerprint density at radius 1 is 1.64 bits per heavy atom. The summed E-state index contributed by atoms with van der Waals surface area (Å²) < 4.78 is 25.6. The van der Waals surface area contributed by atoms with E-state index in [0.717, 1.165) is 12.8 Å². The zero-order valence-electron chi connectivity index (χ0n) is 8.19. The van der Waals surface area contributed by atoms with Crippen LogP contribution in [0.3, 0.4) is 0 Å². The van der Waals surface area contributed by atoms with Gasteiger partial charge in [0.15, 0.2) is 0 Å². The molecule has 6 heteroatoms. The van der Waals surface area contributed by atoms with Crippen LogP contribution in [0.5, 0.6) is 0 Å². The maximum atomic E-state index is 11.5. The maximum Gasteiger partial charge on any atom is 0.212 e. The van der Waals surface area contributed by atoms with Crippen LogP contribution in [-0.4, -0.2) is 25.2 Å². The molecule has 1 fully saturated rings. The normalized spacial score (nSPS) is 19.2. The summed E-state index contributed by atoms with van der Waals surface area (Å²) in [5, 5.41) is 0. The van der Waals surface area contributed by atoms with Gasteiger partial charge in [-0.2, -0.15) is 0 Å². The smallest absolute Gasteiger partial charge is 0.212 e. The second kappa shape index (κ2) is 4.55. The molecular weight excluding hydrogens is 220 g/mol. The molecule has 1 aliphatic rings. The molecule has 14 heavy (non-hydrogen) atoms. The van der Waals surface area contributed by atoms with E-state index in [2.05, 4.69) is 4.72 Å². The Labute approximate surface area is 90.3 Å². The summed E-state index contributed by atoms with van der Waals surface area (Å²) >= 11 is 4.76. The van der Waals surface area contributed by atoms with Crippen LogP contribution in [0.25, 0.3) is 0 Å². The molecule has 0 spiro atoms. The van der Waals surface area contributed by atoms with E-state index in [1.54, 1.807) is 0 Å². The molecule has 0 aromatic carbocycles. The number of sulfonamides is 1. The predicted molar refractivity (Wildman–Crippen MR) is 60.5 cm³/mol. The van der Waals surface area contributed by atoms with Gasteiger partial charge >= 0.3 is 0 Å². The highest BCUT2D eigenvalue weighted by atomic mass is 32.2. The number of nitrogens with one attached hydrogen (secondary N) is 1.